The molecule has 1 amide bonds. The number of alkyl carbamates (subject to hydrolysis) is 1. The fraction of sp³-hybridized carbons (Fsp3) is 0.192. The van der Waals surface area contributed by atoms with E-state index in [4.69, 9.17) is 25.8 Å². The van der Waals surface area contributed by atoms with Crippen molar-refractivity contribution in [2.75, 3.05) is 20.3 Å². The van der Waals surface area contributed by atoms with E-state index in [0.29, 0.717) is 38.7 Å². The molecule has 0 bridgehead atoms. The van der Waals surface area contributed by atoms with Crippen LogP contribution < -0.4 is 14.8 Å². The monoisotopic (exact) mass is 553 g/mol. The first-order valence-corrected chi connectivity index (χ1v) is 12.6. The van der Waals surface area contributed by atoms with Gasteiger partial charge in [-0.25, -0.2) is 24.1 Å². The van der Waals surface area contributed by atoms with Crippen LogP contribution in [0.15, 0.2) is 48.9 Å². The molecule has 0 spiro atoms. The maximum Gasteiger partial charge on any atom is 0.407 e. The number of thiazole rings is 1. The largest absolute Gasteiger partial charge is 0.487 e. The van der Waals surface area contributed by atoms with Crippen LogP contribution in [0.4, 0.5) is 9.18 Å². The van der Waals surface area contributed by atoms with Gasteiger partial charge in [0.2, 0.25) is 5.88 Å². The fourth-order valence-corrected chi connectivity index (χ4v) is 5.04. The summed E-state index contributed by atoms with van der Waals surface area (Å²) < 4.78 is 31.4. The Balaban J connectivity index is 1.30. The highest BCUT2D eigenvalue weighted by Crippen LogP contribution is 2.40. The van der Waals surface area contributed by atoms with Crippen molar-refractivity contribution in [1.82, 2.24) is 25.3 Å². The molecule has 3 heterocycles. The molecule has 9 nitrogen and oxygen atoms in total. The number of methoxy groups -OCH3 is 1. The van der Waals surface area contributed by atoms with Crippen LogP contribution in [-0.4, -0.2) is 46.4 Å². The molecule has 0 unspecified atom stereocenters. The first-order valence-electron chi connectivity index (χ1n) is 11.5. The Morgan fingerprint density at radius 3 is 2.74 bits per heavy atom. The molecule has 0 saturated carbocycles. The summed E-state index contributed by atoms with van der Waals surface area (Å²) >= 11 is 7.66. The summed E-state index contributed by atoms with van der Waals surface area (Å²) in [6, 6.07) is 8.95. The van der Waals surface area contributed by atoms with Gasteiger partial charge in [0.05, 0.1) is 29.0 Å². The van der Waals surface area contributed by atoms with E-state index in [9.17, 15) is 9.18 Å². The summed E-state index contributed by atoms with van der Waals surface area (Å²) in [6.45, 7) is 2.10. The molecule has 5 rings (SSSR count). The third-order valence-corrected chi connectivity index (χ3v) is 6.88. The zero-order valence-electron chi connectivity index (χ0n) is 20.3. The molecular weight excluding hydrogens is 533 g/mol. The van der Waals surface area contributed by atoms with E-state index < -0.39 is 11.9 Å². The van der Waals surface area contributed by atoms with Gasteiger partial charge in [0.1, 0.15) is 28.8 Å². The number of benzene rings is 2. The number of carbonyl (C=O) groups excluding carboxylic acids is 1. The number of rotatable bonds is 8. The average Bonchev–Trinajstić information content (AvgIpc) is 3.36. The number of aryl methyl sites for hydroxylation is 1. The molecule has 38 heavy (non-hydrogen) atoms. The Kier molecular flexibility index (Phi) is 7.47. The van der Waals surface area contributed by atoms with Gasteiger partial charge < -0.3 is 19.5 Å². The van der Waals surface area contributed by atoms with E-state index in [1.165, 1.54) is 30.7 Å². The predicted molar refractivity (Wildman–Crippen MR) is 142 cm³/mol. The van der Waals surface area contributed by atoms with Crippen LogP contribution in [0.25, 0.3) is 31.8 Å². The van der Waals surface area contributed by atoms with E-state index in [-0.39, 0.29) is 24.0 Å². The second kappa shape index (κ2) is 11.1. The Morgan fingerprint density at radius 2 is 1.95 bits per heavy atom. The molecule has 0 atom stereocenters. The minimum atomic E-state index is -0.739. The van der Waals surface area contributed by atoms with Crippen molar-refractivity contribution >= 4 is 50.3 Å². The quantitative estimate of drug-likeness (QED) is 0.243. The first kappa shape index (κ1) is 25.6. The van der Waals surface area contributed by atoms with Gasteiger partial charge in [0, 0.05) is 30.6 Å². The molecule has 0 saturated heterocycles. The number of halogens is 2. The second-order valence-corrected chi connectivity index (χ2v) is 9.56. The van der Waals surface area contributed by atoms with Gasteiger partial charge in [0.25, 0.3) is 0 Å². The number of pyridine rings is 1. The lowest BCUT2D eigenvalue weighted by Gasteiger charge is -2.10. The Hall–Kier alpha value is -4.09. The molecule has 0 aliphatic rings. The van der Waals surface area contributed by atoms with Gasteiger partial charge in [-0.3, -0.25) is 4.98 Å². The lowest BCUT2D eigenvalue weighted by Crippen LogP contribution is -2.25. The fourth-order valence-electron chi connectivity index (χ4n) is 3.72. The highest BCUT2D eigenvalue weighted by Gasteiger charge is 2.20. The van der Waals surface area contributed by atoms with Crippen LogP contribution in [0, 0.1) is 12.7 Å². The molecule has 5 aromatic rings. The van der Waals surface area contributed by atoms with Crippen LogP contribution in [0.2, 0.25) is 5.02 Å². The normalized spacial score (nSPS) is 11.1. The standard InChI is InChI=1S/C26H21ClFN5O4S/c1-14-9-16(23-17(10-14)32-20(35-2)13-30-23)25-33-24-19(38-25)11-18(22(28)21(24)27)36-7-8-37-26(34)31-12-15-3-5-29-6-4-15/h3-6,9-11,13H,7-8,12H2,1-2H3,(H,31,34). The number of ether oxygens (including phenoxy) is 3. The molecule has 0 fully saturated rings. The van der Waals surface area contributed by atoms with Crippen LogP contribution >= 0.6 is 22.9 Å². The number of amides is 1. The third kappa shape index (κ3) is 5.43. The minimum absolute atomic E-state index is 0.0582. The van der Waals surface area contributed by atoms with Gasteiger partial charge in [-0.2, -0.15) is 0 Å². The van der Waals surface area contributed by atoms with Crippen molar-refractivity contribution in [1.29, 1.82) is 0 Å². The summed E-state index contributed by atoms with van der Waals surface area (Å²) in [6.07, 6.45) is 4.19. The predicted octanol–water partition coefficient (Wildman–Crippen LogP) is 5.72. The van der Waals surface area contributed by atoms with Gasteiger partial charge in [0.15, 0.2) is 11.6 Å². The number of hydrogen-bond acceptors (Lipinski definition) is 9. The summed E-state index contributed by atoms with van der Waals surface area (Å²) in [5.41, 5.74) is 4.21. The van der Waals surface area contributed by atoms with E-state index >= 15 is 0 Å². The van der Waals surface area contributed by atoms with Crippen LogP contribution in [-0.2, 0) is 11.3 Å². The van der Waals surface area contributed by atoms with Gasteiger partial charge in [-0.05, 0) is 42.3 Å². The Bertz CT molecular complexity index is 1630. The highest BCUT2D eigenvalue weighted by atomic mass is 35.5. The number of carbonyl (C=O) groups is 1. The Morgan fingerprint density at radius 1 is 1.13 bits per heavy atom. The van der Waals surface area contributed by atoms with Crippen molar-refractivity contribution in [2.24, 2.45) is 0 Å². The molecular formula is C26H21ClFN5O4S. The zero-order valence-corrected chi connectivity index (χ0v) is 21.9. The van der Waals surface area contributed by atoms with Crippen molar-refractivity contribution in [3.8, 4) is 22.2 Å². The van der Waals surface area contributed by atoms with E-state index in [1.807, 2.05) is 19.1 Å². The number of aromatic nitrogens is 4. The topological polar surface area (TPSA) is 108 Å². The maximum atomic E-state index is 15.0. The van der Waals surface area contributed by atoms with E-state index in [0.717, 1.165) is 16.7 Å². The van der Waals surface area contributed by atoms with E-state index in [2.05, 4.69) is 25.3 Å². The molecule has 0 aliphatic carbocycles. The third-order valence-electron chi connectivity index (χ3n) is 5.50. The summed E-state index contributed by atoms with van der Waals surface area (Å²) in [7, 11) is 1.53. The summed E-state index contributed by atoms with van der Waals surface area (Å²) in [5, 5.41) is 3.08. The smallest absolute Gasteiger partial charge is 0.407 e. The van der Waals surface area contributed by atoms with Gasteiger partial charge in [-0.15, -0.1) is 11.3 Å². The summed E-state index contributed by atoms with van der Waals surface area (Å²) in [4.78, 5) is 29.4. The number of nitrogens with zero attached hydrogens (tertiary/aromatic N) is 4. The molecule has 1 N–H and O–H groups in total. The van der Waals surface area contributed by atoms with Crippen LogP contribution in [0.1, 0.15) is 11.1 Å². The van der Waals surface area contributed by atoms with Gasteiger partial charge >= 0.3 is 6.09 Å². The van der Waals surface area contributed by atoms with Crippen molar-refractivity contribution in [2.45, 2.75) is 13.5 Å². The second-order valence-electron chi connectivity index (χ2n) is 8.15. The molecule has 0 aliphatic heterocycles. The molecule has 12 heteroatoms. The number of hydrogen-bond donors (Lipinski definition) is 1. The van der Waals surface area contributed by atoms with Gasteiger partial charge in [-0.1, -0.05) is 11.6 Å². The lowest BCUT2D eigenvalue weighted by atomic mass is 10.1. The first-order chi connectivity index (χ1) is 18.4. The number of fused-ring (bicyclic) bond motifs is 2. The molecule has 0 radical (unpaired) electrons. The van der Waals surface area contributed by atoms with E-state index in [1.54, 1.807) is 24.5 Å². The number of nitrogens with one attached hydrogen (secondary N) is 1. The van der Waals surface area contributed by atoms with Crippen molar-refractivity contribution < 1.29 is 23.4 Å². The van der Waals surface area contributed by atoms with Crippen LogP contribution in [0.3, 0.4) is 0 Å². The van der Waals surface area contributed by atoms with Crippen molar-refractivity contribution in [3.63, 3.8) is 0 Å². The Labute approximate surface area is 225 Å². The average molecular weight is 554 g/mol. The SMILES string of the molecule is COc1cnc2c(-c3nc4c(Cl)c(F)c(OCCOC(=O)NCc5ccncc5)cc4s3)cc(C)cc2n1. The zero-order chi connectivity index (χ0) is 26.6. The maximum absolute atomic E-state index is 15.0. The molecule has 2 aromatic carbocycles. The summed E-state index contributed by atoms with van der Waals surface area (Å²) in [5.74, 6) is -0.394. The minimum Gasteiger partial charge on any atom is -0.487 e. The molecule has 194 valence electrons. The van der Waals surface area contributed by atoms with Crippen molar-refractivity contribution in [3.05, 3.63) is 70.9 Å². The van der Waals surface area contributed by atoms with Crippen LogP contribution in [0.5, 0.6) is 11.6 Å². The molecule has 3 aromatic heterocycles. The highest BCUT2D eigenvalue weighted by molar-refractivity contribution is 7.21. The lowest BCUT2D eigenvalue weighted by molar-refractivity contribution is 0.123.